The standard InChI is InChI=1S/C53H55N5O10/c1-54-42-28-50(48(65-5)26-40(42)53(63)58-20-18-35-11-6-9-14-44(35)58)67-32-34-21-33(22-38(23-34)56(2)19-10-15-51(62)68-52-45(60)16-17-46(52)61)31-66-49-27-41(37(30-59)25-47(49)64-4)55-29-39-24-36-12-7-8-13-43(36)57(39)3/h6-9,11-14,21-23,25-28,30,39,52,55H,1,10,15-20,24,29,31-32H2,2-5H3. The number of fused-ring (bicyclic) bond motifs is 2. The van der Waals surface area contributed by atoms with E-state index in [1.165, 1.54) is 25.5 Å². The average Bonchev–Trinajstić information content (AvgIpc) is 4.04. The fraction of sp³-hybridized carbons (Fsp3) is 0.321. The second kappa shape index (κ2) is 20.9. The van der Waals surface area contributed by atoms with Crippen molar-refractivity contribution in [2.45, 2.75) is 63.9 Å². The fourth-order valence-corrected chi connectivity index (χ4v) is 9.02. The fourth-order valence-electron chi connectivity index (χ4n) is 9.02. The van der Waals surface area contributed by atoms with Gasteiger partial charge in [-0.2, -0.15) is 0 Å². The van der Waals surface area contributed by atoms with Crippen molar-refractivity contribution < 1.29 is 47.7 Å². The smallest absolute Gasteiger partial charge is 0.307 e. The number of amides is 1. The maximum absolute atomic E-state index is 13.9. The molecule has 15 nitrogen and oxygen atoms in total. The Kier molecular flexibility index (Phi) is 14.4. The van der Waals surface area contributed by atoms with E-state index in [0.717, 1.165) is 47.2 Å². The second-order valence-electron chi connectivity index (χ2n) is 17.1. The number of nitrogens with zero attached hydrogens (tertiary/aromatic N) is 4. The molecule has 5 aromatic carbocycles. The Balaban J connectivity index is 1.01. The SMILES string of the molecule is C=Nc1cc(OCc2cc(COc3cc(NCC4Cc5ccccc5N4C)c(C=O)cc3OC)cc(N(C)CCCC(=O)OC3C(=O)CCC3=O)c2)c(OC)cc1C(=O)N1CCc2ccccc21. The minimum Gasteiger partial charge on any atom is -0.493 e. The Labute approximate surface area is 395 Å². The number of hydrogen-bond donors (Lipinski definition) is 1. The van der Waals surface area contributed by atoms with Crippen molar-refractivity contribution in [1.82, 2.24) is 0 Å². The van der Waals surface area contributed by atoms with Crippen molar-refractivity contribution in [3.63, 3.8) is 0 Å². The first-order valence-electron chi connectivity index (χ1n) is 22.6. The number of hydrogen-bond acceptors (Lipinski definition) is 14. The summed E-state index contributed by atoms with van der Waals surface area (Å²) in [5.74, 6) is -0.0327. The van der Waals surface area contributed by atoms with Crippen LogP contribution in [0, 0.1) is 0 Å². The molecular weight excluding hydrogens is 867 g/mol. The number of carbonyl (C=O) groups excluding carboxylic acids is 5. The number of methoxy groups -OCH3 is 2. The lowest BCUT2D eigenvalue weighted by molar-refractivity contribution is -0.157. The summed E-state index contributed by atoms with van der Waals surface area (Å²) in [5, 5.41) is 3.48. The number of ketones is 2. The monoisotopic (exact) mass is 921 g/mol. The number of ether oxygens (including phenoxy) is 5. The summed E-state index contributed by atoms with van der Waals surface area (Å²) >= 11 is 0. The lowest BCUT2D eigenvalue weighted by Crippen LogP contribution is -2.34. The molecule has 352 valence electrons. The lowest BCUT2D eigenvalue weighted by atomic mass is 10.1. The van der Waals surface area contributed by atoms with Crippen LogP contribution in [0.2, 0.25) is 0 Å². The predicted octanol–water partition coefficient (Wildman–Crippen LogP) is 7.74. The van der Waals surface area contributed by atoms with Crippen molar-refractivity contribution in [3.8, 4) is 23.0 Å². The van der Waals surface area contributed by atoms with E-state index in [4.69, 9.17) is 23.7 Å². The molecule has 0 radical (unpaired) electrons. The molecule has 15 heteroatoms. The van der Waals surface area contributed by atoms with Crippen molar-refractivity contribution in [2.75, 3.05) is 68.0 Å². The molecule has 2 aliphatic heterocycles. The number of para-hydroxylation sites is 2. The van der Waals surface area contributed by atoms with Crippen LogP contribution in [0.4, 0.5) is 28.4 Å². The van der Waals surface area contributed by atoms with E-state index < -0.39 is 12.1 Å². The van der Waals surface area contributed by atoms with Crippen LogP contribution in [0.3, 0.4) is 0 Å². The van der Waals surface area contributed by atoms with Gasteiger partial charge in [0.05, 0.1) is 31.5 Å². The van der Waals surface area contributed by atoms with Gasteiger partial charge in [0, 0.05) is 93.4 Å². The third-order valence-corrected chi connectivity index (χ3v) is 12.8. The Morgan fingerprint density at radius 1 is 0.824 bits per heavy atom. The molecule has 3 aliphatic rings. The number of Topliss-reactive ketones (excluding diaryl/α,β-unsaturated/α-hetero) is 2. The molecule has 1 atom stereocenters. The third-order valence-electron chi connectivity index (χ3n) is 12.8. The van der Waals surface area contributed by atoms with Gasteiger partial charge in [-0.15, -0.1) is 0 Å². The number of benzene rings is 5. The molecule has 1 amide bonds. The van der Waals surface area contributed by atoms with E-state index in [1.54, 1.807) is 29.2 Å². The molecule has 8 rings (SSSR count). The summed E-state index contributed by atoms with van der Waals surface area (Å²) in [4.78, 5) is 73.2. The molecule has 1 aliphatic carbocycles. The number of rotatable bonds is 20. The molecule has 68 heavy (non-hydrogen) atoms. The predicted molar refractivity (Wildman–Crippen MR) is 260 cm³/mol. The maximum atomic E-state index is 13.9. The van der Waals surface area contributed by atoms with Gasteiger partial charge in [0.1, 0.15) is 13.2 Å². The van der Waals surface area contributed by atoms with Gasteiger partial charge in [0.2, 0.25) is 6.10 Å². The molecule has 2 heterocycles. The molecule has 0 spiro atoms. The van der Waals surface area contributed by atoms with Crippen LogP contribution < -0.4 is 39.0 Å². The highest BCUT2D eigenvalue weighted by molar-refractivity contribution is 6.12. The van der Waals surface area contributed by atoms with Gasteiger partial charge in [-0.05, 0) is 90.7 Å². The molecule has 1 fully saturated rings. The topological polar surface area (TPSA) is 166 Å². The van der Waals surface area contributed by atoms with Crippen LogP contribution in [0.25, 0.3) is 0 Å². The van der Waals surface area contributed by atoms with E-state index >= 15 is 0 Å². The molecule has 1 unspecified atom stereocenters. The van der Waals surface area contributed by atoms with Gasteiger partial charge >= 0.3 is 5.97 Å². The van der Waals surface area contributed by atoms with Gasteiger partial charge in [0.25, 0.3) is 5.91 Å². The van der Waals surface area contributed by atoms with Gasteiger partial charge in [-0.3, -0.25) is 29.0 Å². The molecule has 5 aromatic rings. The number of esters is 1. The Morgan fingerprint density at radius 3 is 2.13 bits per heavy atom. The van der Waals surface area contributed by atoms with Gasteiger partial charge < -0.3 is 43.7 Å². The van der Waals surface area contributed by atoms with Crippen molar-refractivity contribution >= 4 is 64.9 Å². The number of nitrogens with one attached hydrogen (secondary N) is 1. The summed E-state index contributed by atoms with van der Waals surface area (Å²) in [7, 11) is 6.99. The first-order valence-corrected chi connectivity index (χ1v) is 22.6. The summed E-state index contributed by atoms with van der Waals surface area (Å²) < 4.78 is 29.6. The van der Waals surface area contributed by atoms with Crippen LogP contribution >= 0.6 is 0 Å². The number of carbonyl (C=O) groups is 5. The first kappa shape index (κ1) is 46.8. The first-order chi connectivity index (χ1) is 33.0. The van der Waals surface area contributed by atoms with Gasteiger partial charge in [-0.25, -0.2) is 0 Å². The zero-order chi connectivity index (χ0) is 47.9. The van der Waals surface area contributed by atoms with Crippen LogP contribution in [0.1, 0.15) is 68.7 Å². The van der Waals surface area contributed by atoms with E-state index in [-0.39, 0.29) is 56.0 Å². The summed E-state index contributed by atoms with van der Waals surface area (Å²) in [5.41, 5.74) is 8.49. The third kappa shape index (κ3) is 10.2. The number of anilines is 4. The van der Waals surface area contributed by atoms with E-state index in [0.29, 0.717) is 71.6 Å². The van der Waals surface area contributed by atoms with E-state index in [2.05, 4.69) is 41.1 Å². The zero-order valence-corrected chi connectivity index (χ0v) is 38.7. The molecule has 1 N–H and O–H groups in total. The Bertz CT molecular complexity index is 2740. The van der Waals surface area contributed by atoms with Crippen LogP contribution in [0.15, 0.2) is 96.0 Å². The van der Waals surface area contributed by atoms with Crippen LogP contribution in [0.5, 0.6) is 23.0 Å². The van der Waals surface area contributed by atoms with Crippen LogP contribution in [-0.4, -0.2) is 96.5 Å². The molecular formula is C53H55N5O10. The number of aldehydes is 1. The number of likely N-dealkylation sites (N-methyl/N-ethyl adjacent to an activating group) is 1. The summed E-state index contributed by atoms with van der Waals surface area (Å²) in [6, 6.07) is 28.9. The van der Waals surface area contributed by atoms with Crippen molar-refractivity contribution in [3.05, 3.63) is 124 Å². The second-order valence-corrected chi connectivity index (χ2v) is 17.1. The highest BCUT2D eigenvalue weighted by Crippen LogP contribution is 2.39. The van der Waals surface area contributed by atoms with Crippen molar-refractivity contribution in [2.24, 2.45) is 4.99 Å². The quantitative estimate of drug-likeness (QED) is 0.0349. The highest BCUT2D eigenvalue weighted by Gasteiger charge is 2.36. The Morgan fingerprint density at radius 2 is 1.47 bits per heavy atom. The minimum absolute atomic E-state index is 0.0132. The highest BCUT2D eigenvalue weighted by atomic mass is 16.6. The Hall–Kier alpha value is -7.68. The summed E-state index contributed by atoms with van der Waals surface area (Å²) in [6.45, 7) is 5.50. The number of aliphatic imine (C=N–C) groups is 1. The lowest BCUT2D eigenvalue weighted by Gasteiger charge is -2.24. The maximum Gasteiger partial charge on any atom is 0.307 e. The molecule has 0 saturated heterocycles. The van der Waals surface area contributed by atoms with Crippen molar-refractivity contribution in [1.29, 1.82) is 0 Å². The zero-order valence-electron chi connectivity index (χ0n) is 38.7. The van der Waals surface area contributed by atoms with Crippen LogP contribution in [-0.2, 0) is 45.2 Å². The van der Waals surface area contributed by atoms with E-state index in [1.807, 2.05) is 66.5 Å². The minimum atomic E-state index is -1.30. The normalized spacial score (nSPS) is 15.1. The average molecular weight is 922 g/mol. The molecule has 0 aromatic heterocycles. The molecule has 0 bridgehead atoms. The summed E-state index contributed by atoms with van der Waals surface area (Å²) in [6.07, 6.45) is 1.70. The van der Waals surface area contributed by atoms with Gasteiger partial charge in [-0.1, -0.05) is 36.4 Å². The van der Waals surface area contributed by atoms with E-state index in [9.17, 15) is 24.0 Å². The molecule has 1 saturated carbocycles. The largest absolute Gasteiger partial charge is 0.493 e. The van der Waals surface area contributed by atoms with Gasteiger partial charge in [0.15, 0.2) is 40.9 Å².